The van der Waals surface area contributed by atoms with E-state index in [2.05, 4.69) is 32.4 Å². The van der Waals surface area contributed by atoms with Gasteiger partial charge >= 0.3 is 6.18 Å². The number of rotatable bonds is 7. The van der Waals surface area contributed by atoms with Crippen molar-refractivity contribution < 1.29 is 27.4 Å². The molecule has 1 aromatic carbocycles. The first-order valence-corrected chi connectivity index (χ1v) is 11.0. The summed E-state index contributed by atoms with van der Waals surface area (Å²) in [4.78, 5) is 19.1. The van der Waals surface area contributed by atoms with Crippen LogP contribution in [-0.2, 0) is 15.7 Å². The van der Waals surface area contributed by atoms with Crippen LogP contribution in [-0.4, -0.2) is 51.3 Å². The van der Waals surface area contributed by atoms with E-state index >= 15 is 0 Å². The number of aliphatic imine (C=N–C) groups is 1. The number of anilines is 1. The lowest BCUT2D eigenvalue weighted by Crippen LogP contribution is -2.17. The monoisotopic (exact) mass is 513 g/mol. The van der Waals surface area contributed by atoms with E-state index in [4.69, 9.17) is 15.2 Å². The molecule has 0 aliphatic carbocycles. The van der Waals surface area contributed by atoms with Gasteiger partial charge in [0.15, 0.2) is 12.0 Å². The number of aromatic nitrogens is 1. The molecule has 1 aliphatic heterocycles. The van der Waals surface area contributed by atoms with Crippen LogP contribution in [0.3, 0.4) is 0 Å². The zero-order valence-corrected chi connectivity index (χ0v) is 20.4. The number of halogens is 3. The number of ether oxygens (including phenoxy) is 2. The lowest BCUT2D eigenvalue weighted by atomic mass is 10.2. The minimum absolute atomic E-state index is 0.00898. The summed E-state index contributed by atoms with van der Waals surface area (Å²) in [7, 11) is 3.33. The highest BCUT2D eigenvalue weighted by Crippen LogP contribution is 2.30. The summed E-state index contributed by atoms with van der Waals surface area (Å²) in [5.41, 5.74) is 5.24. The van der Waals surface area contributed by atoms with E-state index in [1.807, 2.05) is 18.2 Å². The summed E-state index contributed by atoms with van der Waals surface area (Å²) < 4.78 is 50.2. The molecule has 8 nitrogen and oxygen atoms in total. The molecule has 1 aromatic heterocycles. The van der Waals surface area contributed by atoms with E-state index in [-0.39, 0.29) is 12.4 Å². The summed E-state index contributed by atoms with van der Waals surface area (Å²) in [6.07, 6.45) is 2.33. The lowest BCUT2D eigenvalue weighted by Gasteiger charge is -2.18. The molecule has 0 atom stereocenters. The van der Waals surface area contributed by atoms with E-state index in [0.29, 0.717) is 17.8 Å². The number of hydrogen-bond donors (Lipinski definition) is 3. The summed E-state index contributed by atoms with van der Waals surface area (Å²) in [6, 6.07) is 9.74. The standard InChI is InChI=1S/C16H15F3N2O.C6H10N2O2.CH5NS/c17-16(18,19)15-7-6-14(11-20-15)22-13-5-3-4-12(10-13)21-8-1-2-9-21;1-8-5-6(4-7)10-3-2-9;1-2-3/h3-7,10-11H,1-2,8-9H2;2,4-5H,3,7H2,1H3;2-3H,1H3/b;6-4+,8-5?;. The van der Waals surface area contributed by atoms with E-state index in [1.54, 1.807) is 20.2 Å². The average Bonchev–Trinajstić information content (AvgIpc) is 3.38. The van der Waals surface area contributed by atoms with Crippen molar-refractivity contribution in [2.24, 2.45) is 10.7 Å². The number of carbonyl (C=O) groups is 1. The average molecular weight is 514 g/mol. The van der Waals surface area contributed by atoms with Gasteiger partial charge in [-0.1, -0.05) is 18.9 Å². The number of nitrogens with zero attached hydrogens (tertiary/aromatic N) is 3. The molecule has 192 valence electrons. The van der Waals surface area contributed by atoms with Gasteiger partial charge in [-0.05, 0) is 44.2 Å². The molecular formula is C23H30F3N5O3S. The molecular weight excluding hydrogens is 483 g/mol. The van der Waals surface area contributed by atoms with Crippen LogP contribution in [0.25, 0.3) is 0 Å². The lowest BCUT2D eigenvalue weighted by molar-refractivity contribution is -0.141. The van der Waals surface area contributed by atoms with Gasteiger partial charge in [-0.25, -0.2) is 4.98 Å². The van der Waals surface area contributed by atoms with Gasteiger partial charge in [0.05, 0.1) is 12.4 Å². The molecule has 1 fully saturated rings. The summed E-state index contributed by atoms with van der Waals surface area (Å²) in [6.45, 7) is 2.05. The molecule has 1 saturated heterocycles. The second-order valence-electron chi connectivity index (χ2n) is 6.83. The number of nitrogens with two attached hydrogens (primary N) is 1. The fraction of sp³-hybridized carbons (Fsp3) is 0.348. The van der Waals surface area contributed by atoms with Gasteiger partial charge in [-0.3, -0.25) is 14.5 Å². The smallest absolute Gasteiger partial charge is 0.433 e. The number of benzene rings is 1. The molecule has 1 aliphatic rings. The van der Waals surface area contributed by atoms with Crippen LogP contribution in [0.2, 0.25) is 0 Å². The topological polar surface area (TPSA) is 102 Å². The number of alkyl halides is 3. The third-order valence-electron chi connectivity index (χ3n) is 4.29. The highest BCUT2D eigenvalue weighted by Gasteiger charge is 2.32. The van der Waals surface area contributed by atoms with Crippen LogP contribution in [0.1, 0.15) is 18.5 Å². The van der Waals surface area contributed by atoms with E-state index in [0.717, 1.165) is 31.0 Å². The van der Waals surface area contributed by atoms with Gasteiger partial charge in [0.1, 0.15) is 23.8 Å². The Morgan fingerprint density at radius 3 is 2.46 bits per heavy atom. The van der Waals surface area contributed by atoms with Crippen molar-refractivity contribution in [2.75, 3.05) is 38.7 Å². The van der Waals surface area contributed by atoms with Crippen molar-refractivity contribution in [3.63, 3.8) is 0 Å². The summed E-state index contributed by atoms with van der Waals surface area (Å²) in [5, 5.41) is 0. The minimum Gasteiger partial charge on any atom is -0.483 e. The van der Waals surface area contributed by atoms with Crippen LogP contribution >= 0.6 is 12.8 Å². The third kappa shape index (κ3) is 11.6. The van der Waals surface area contributed by atoms with Gasteiger partial charge < -0.3 is 20.1 Å². The maximum absolute atomic E-state index is 12.5. The zero-order valence-electron chi connectivity index (χ0n) is 19.5. The normalized spacial score (nSPS) is 13.4. The van der Waals surface area contributed by atoms with Gasteiger partial charge in [0, 0.05) is 38.1 Å². The zero-order chi connectivity index (χ0) is 26.1. The molecule has 2 aromatic rings. The van der Waals surface area contributed by atoms with Crippen molar-refractivity contribution >= 4 is 31.0 Å². The summed E-state index contributed by atoms with van der Waals surface area (Å²) in [5.74, 6) is 1.27. The van der Waals surface area contributed by atoms with Crippen molar-refractivity contribution in [1.82, 2.24) is 9.71 Å². The number of hydrogen-bond acceptors (Lipinski definition) is 9. The van der Waals surface area contributed by atoms with Crippen LogP contribution in [0, 0.1) is 0 Å². The number of carbonyl (C=O) groups excluding carboxylic acids is 1. The fourth-order valence-electron chi connectivity index (χ4n) is 2.85. The predicted molar refractivity (Wildman–Crippen MR) is 134 cm³/mol. The Morgan fingerprint density at radius 2 is 1.94 bits per heavy atom. The van der Waals surface area contributed by atoms with Crippen LogP contribution in [0.5, 0.6) is 11.5 Å². The third-order valence-corrected chi connectivity index (χ3v) is 4.29. The Morgan fingerprint density at radius 1 is 1.26 bits per heavy atom. The van der Waals surface area contributed by atoms with E-state index in [9.17, 15) is 18.0 Å². The highest BCUT2D eigenvalue weighted by atomic mass is 32.1. The first kappa shape index (κ1) is 29.8. The van der Waals surface area contributed by atoms with Crippen LogP contribution in [0.15, 0.2) is 59.5 Å². The Kier molecular flexibility index (Phi) is 13.9. The number of nitrogens with one attached hydrogen (secondary N) is 1. The first-order valence-electron chi connectivity index (χ1n) is 10.6. The van der Waals surface area contributed by atoms with Gasteiger partial charge in [0.25, 0.3) is 0 Å². The molecule has 0 bridgehead atoms. The van der Waals surface area contributed by atoms with Crippen molar-refractivity contribution in [3.8, 4) is 11.5 Å². The van der Waals surface area contributed by atoms with Crippen molar-refractivity contribution in [2.45, 2.75) is 19.0 Å². The maximum atomic E-state index is 12.5. The Balaban J connectivity index is 0.000000397. The Bertz CT molecular complexity index is 935. The maximum Gasteiger partial charge on any atom is 0.433 e. The fourth-order valence-corrected chi connectivity index (χ4v) is 2.85. The number of pyridine rings is 1. The molecule has 3 N–H and O–H groups in total. The second kappa shape index (κ2) is 16.4. The van der Waals surface area contributed by atoms with Gasteiger partial charge in [-0.15, -0.1) is 0 Å². The molecule has 0 radical (unpaired) electrons. The first-order chi connectivity index (χ1) is 16.8. The molecule has 3 rings (SSSR count). The Labute approximate surface area is 208 Å². The highest BCUT2D eigenvalue weighted by molar-refractivity contribution is 7.78. The predicted octanol–water partition coefficient (Wildman–Crippen LogP) is 4.25. The minimum atomic E-state index is -4.44. The quantitative estimate of drug-likeness (QED) is 0.220. The number of aldehydes is 1. The molecule has 2 heterocycles. The second-order valence-corrected chi connectivity index (χ2v) is 7.28. The molecule has 0 saturated carbocycles. The van der Waals surface area contributed by atoms with Crippen molar-refractivity contribution in [1.29, 1.82) is 0 Å². The summed E-state index contributed by atoms with van der Waals surface area (Å²) >= 11 is 3.54. The Hall–Kier alpha value is -3.25. The van der Waals surface area contributed by atoms with Gasteiger partial charge in [-0.2, -0.15) is 13.2 Å². The van der Waals surface area contributed by atoms with Gasteiger partial charge in [0.2, 0.25) is 0 Å². The molecule has 0 amide bonds. The largest absolute Gasteiger partial charge is 0.483 e. The van der Waals surface area contributed by atoms with Crippen molar-refractivity contribution in [3.05, 3.63) is 60.2 Å². The number of thiol groups is 1. The molecule has 0 unspecified atom stereocenters. The van der Waals surface area contributed by atoms with E-state index < -0.39 is 11.9 Å². The number of allylic oxidation sites excluding steroid dienone is 1. The molecule has 35 heavy (non-hydrogen) atoms. The van der Waals surface area contributed by atoms with E-state index in [1.165, 1.54) is 31.3 Å². The van der Waals surface area contributed by atoms with Crippen LogP contribution in [0.4, 0.5) is 18.9 Å². The molecule has 12 heteroatoms. The SMILES string of the molecule is CN=C/C(=C\N)OCC=O.CNS.FC(F)(F)c1ccc(Oc2cccc(N3CCCC3)c2)cn1. The van der Waals surface area contributed by atoms with Crippen LogP contribution < -0.4 is 20.1 Å². The molecule has 0 spiro atoms.